The Morgan fingerprint density at radius 2 is 2.00 bits per heavy atom. The Morgan fingerprint density at radius 1 is 1.07 bits per heavy atom. The number of ether oxygens (including phenoxy) is 1. The van der Waals surface area contributed by atoms with E-state index in [1.54, 1.807) is 19.5 Å². The van der Waals surface area contributed by atoms with Crippen molar-refractivity contribution in [1.29, 1.82) is 0 Å². The first-order valence-electron chi connectivity index (χ1n) is 8.35. The molecule has 0 amide bonds. The van der Waals surface area contributed by atoms with Crippen LogP contribution in [-0.2, 0) is 0 Å². The Kier molecular flexibility index (Phi) is 4.38. The summed E-state index contributed by atoms with van der Waals surface area (Å²) in [4.78, 5) is 13.0. The number of rotatable bonds is 4. The SMILES string of the molecule is C#Cc1cccc(Nc2ncnc3cc(OC)c(-c4cccnc4)cc23)c1. The summed E-state index contributed by atoms with van der Waals surface area (Å²) in [5, 5.41) is 4.21. The predicted molar refractivity (Wildman–Crippen MR) is 107 cm³/mol. The van der Waals surface area contributed by atoms with Crippen molar-refractivity contribution in [1.82, 2.24) is 15.0 Å². The maximum absolute atomic E-state index is 5.57. The highest BCUT2D eigenvalue weighted by Crippen LogP contribution is 2.35. The van der Waals surface area contributed by atoms with Gasteiger partial charge in [-0.15, -0.1) is 6.42 Å². The van der Waals surface area contributed by atoms with Crippen molar-refractivity contribution in [3.05, 3.63) is 72.8 Å². The van der Waals surface area contributed by atoms with Gasteiger partial charge < -0.3 is 10.1 Å². The lowest BCUT2D eigenvalue weighted by molar-refractivity contribution is 0.417. The number of pyridine rings is 1. The Labute approximate surface area is 157 Å². The second-order valence-corrected chi connectivity index (χ2v) is 5.88. The fraction of sp³-hybridized carbons (Fsp3) is 0.0455. The Morgan fingerprint density at radius 3 is 2.78 bits per heavy atom. The third-order valence-corrected chi connectivity index (χ3v) is 4.22. The molecule has 0 radical (unpaired) electrons. The number of hydrogen-bond donors (Lipinski definition) is 1. The summed E-state index contributed by atoms with van der Waals surface area (Å²) in [6.07, 6.45) is 10.6. The molecule has 0 saturated carbocycles. The van der Waals surface area contributed by atoms with Gasteiger partial charge in [0.1, 0.15) is 17.9 Å². The monoisotopic (exact) mass is 352 g/mol. The van der Waals surface area contributed by atoms with Crippen LogP contribution in [0.15, 0.2) is 67.3 Å². The van der Waals surface area contributed by atoms with Crippen LogP contribution in [0.1, 0.15) is 5.56 Å². The average Bonchev–Trinajstić information content (AvgIpc) is 2.74. The lowest BCUT2D eigenvalue weighted by Gasteiger charge is -2.13. The van der Waals surface area contributed by atoms with Gasteiger partial charge in [-0.3, -0.25) is 4.98 Å². The number of terminal acetylenes is 1. The first-order chi connectivity index (χ1) is 13.3. The minimum atomic E-state index is 0.696. The third-order valence-electron chi connectivity index (χ3n) is 4.22. The van der Waals surface area contributed by atoms with Crippen LogP contribution in [0, 0.1) is 12.3 Å². The van der Waals surface area contributed by atoms with Gasteiger partial charge in [0.15, 0.2) is 0 Å². The largest absolute Gasteiger partial charge is 0.496 e. The quantitative estimate of drug-likeness (QED) is 0.551. The third kappa shape index (κ3) is 3.29. The van der Waals surface area contributed by atoms with Crippen LogP contribution in [0.5, 0.6) is 5.75 Å². The van der Waals surface area contributed by atoms with Crippen LogP contribution < -0.4 is 10.1 Å². The number of fused-ring (bicyclic) bond motifs is 1. The molecular weight excluding hydrogens is 336 g/mol. The van der Waals surface area contributed by atoms with E-state index in [4.69, 9.17) is 11.2 Å². The van der Waals surface area contributed by atoms with Gasteiger partial charge in [0, 0.05) is 46.2 Å². The Bertz CT molecular complexity index is 1150. The molecule has 0 fully saturated rings. The van der Waals surface area contributed by atoms with Crippen LogP contribution in [0.4, 0.5) is 11.5 Å². The van der Waals surface area contributed by atoms with Gasteiger partial charge in [-0.2, -0.15) is 0 Å². The van der Waals surface area contributed by atoms with Gasteiger partial charge >= 0.3 is 0 Å². The van der Waals surface area contributed by atoms with Gasteiger partial charge in [-0.05, 0) is 30.3 Å². The van der Waals surface area contributed by atoms with Crippen molar-refractivity contribution in [3.63, 3.8) is 0 Å². The molecule has 4 aromatic rings. The van der Waals surface area contributed by atoms with Crippen LogP contribution >= 0.6 is 0 Å². The topological polar surface area (TPSA) is 59.9 Å². The fourth-order valence-corrected chi connectivity index (χ4v) is 2.92. The molecular formula is C22H16N4O. The normalized spacial score (nSPS) is 10.4. The molecule has 5 heteroatoms. The van der Waals surface area contributed by atoms with E-state index in [9.17, 15) is 0 Å². The highest BCUT2D eigenvalue weighted by atomic mass is 16.5. The summed E-state index contributed by atoms with van der Waals surface area (Å²) in [5.74, 6) is 4.07. The van der Waals surface area contributed by atoms with Crippen molar-refractivity contribution in [2.45, 2.75) is 0 Å². The number of nitrogens with one attached hydrogen (secondary N) is 1. The van der Waals surface area contributed by atoms with Gasteiger partial charge in [0.25, 0.3) is 0 Å². The first-order valence-corrected chi connectivity index (χ1v) is 8.35. The van der Waals surface area contributed by atoms with Crippen molar-refractivity contribution < 1.29 is 4.74 Å². The summed E-state index contributed by atoms with van der Waals surface area (Å²) in [6, 6.07) is 15.4. The maximum atomic E-state index is 5.57. The van der Waals surface area contributed by atoms with E-state index in [0.29, 0.717) is 5.82 Å². The zero-order chi connectivity index (χ0) is 18.6. The molecule has 0 bridgehead atoms. The van der Waals surface area contributed by atoms with Crippen molar-refractivity contribution in [3.8, 4) is 29.2 Å². The molecule has 0 atom stereocenters. The van der Waals surface area contributed by atoms with E-state index in [1.165, 1.54) is 6.33 Å². The first kappa shape index (κ1) is 16.6. The zero-order valence-electron chi connectivity index (χ0n) is 14.7. The van der Waals surface area contributed by atoms with Gasteiger partial charge in [-0.1, -0.05) is 18.1 Å². The minimum Gasteiger partial charge on any atom is -0.496 e. The number of aromatic nitrogens is 3. The summed E-state index contributed by atoms with van der Waals surface area (Å²) >= 11 is 0. The van der Waals surface area contributed by atoms with E-state index < -0.39 is 0 Å². The molecule has 0 unspecified atom stereocenters. The smallest absolute Gasteiger partial charge is 0.141 e. The van der Waals surface area contributed by atoms with Crippen LogP contribution in [0.25, 0.3) is 22.0 Å². The molecule has 0 aliphatic carbocycles. The molecule has 0 aliphatic rings. The van der Waals surface area contributed by atoms with Crippen LogP contribution in [0.2, 0.25) is 0 Å². The average molecular weight is 352 g/mol. The van der Waals surface area contributed by atoms with Crippen molar-refractivity contribution in [2.24, 2.45) is 0 Å². The fourth-order valence-electron chi connectivity index (χ4n) is 2.92. The molecule has 4 rings (SSSR count). The van der Waals surface area contributed by atoms with E-state index in [1.807, 2.05) is 48.5 Å². The minimum absolute atomic E-state index is 0.696. The Balaban J connectivity index is 1.85. The molecule has 130 valence electrons. The zero-order valence-corrected chi connectivity index (χ0v) is 14.7. The van der Waals surface area contributed by atoms with Crippen LogP contribution in [-0.4, -0.2) is 22.1 Å². The number of benzene rings is 2. The van der Waals surface area contributed by atoms with Gasteiger partial charge in [0.05, 0.1) is 12.6 Å². The number of hydrogen-bond acceptors (Lipinski definition) is 5. The molecule has 0 saturated heterocycles. The summed E-state index contributed by atoms with van der Waals surface area (Å²) in [6.45, 7) is 0. The summed E-state index contributed by atoms with van der Waals surface area (Å²) in [7, 11) is 1.65. The van der Waals surface area contributed by atoms with Gasteiger partial charge in [0.2, 0.25) is 0 Å². The molecule has 0 aliphatic heterocycles. The predicted octanol–water partition coefficient (Wildman–Crippen LogP) is 4.43. The summed E-state index contributed by atoms with van der Waals surface area (Å²) in [5.41, 5.74) is 4.33. The highest BCUT2D eigenvalue weighted by Gasteiger charge is 2.12. The van der Waals surface area contributed by atoms with Crippen molar-refractivity contribution in [2.75, 3.05) is 12.4 Å². The van der Waals surface area contributed by atoms with Gasteiger partial charge in [-0.25, -0.2) is 9.97 Å². The van der Waals surface area contributed by atoms with Crippen molar-refractivity contribution >= 4 is 22.4 Å². The van der Waals surface area contributed by atoms with Crippen LogP contribution in [0.3, 0.4) is 0 Å². The van der Waals surface area contributed by atoms with E-state index in [0.717, 1.165) is 39.0 Å². The molecule has 2 aromatic heterocycles. The lowest BCUT2D eigenvalue weighted by atomic mass is 10.0. The number of nitrogens with zero attached hydrogens (tertiary/aromatic N) is 3. The van der Waals surface area contributed by atoms with E-state index in [2.05, 4.69) is 26.2 Å². The molecule has 2 heterocycles. The standard InChI is InChI=1S/C22H16N4O/c1-3-15-6-4-8-17(10-15)26-22-19-11-18(16-7-5-9-23-13-16)21(27-2)12-20(19)24-14-25-22/h1,4-14H,2H3,(H,24,25,26). The molecule has 2 aromatic carbocycles. The van der Waals surface area contributed by atoms with E-state index in [-0.39, 0.29) is 0 Å². The van der Waals surface area contributed by atoms with E-state index >= 15 is 0 Å². The Hall–Kier alpha value is -3.91. The highest BCUT2D eigenvalue weighted by molar-refractivity contribution is 5.96. The number of anilines is 2. The molecule has 0 spiro atoms. The maximum Gasteiger partial charge on any atom is 0.141 e. The summed E-state index contributed by atoms with van der Waals surface area (Å²) < 4.78 is 5.57. The second-order valence-electron chi connectivity index (χ2n) is 5.88. The molecule has 27 heavy (non-hydrogen) atoms. The molecule has 1 N–H and O–H groups in total. The number of methoxy groups -OCH3 is 1. The lowest BCUT2D eigenvalue weighted by Crippen LogP contribution is -1.98. The second kappa shape index (κ2) is 7.14. The molecule has 5 nitrogen and oxygen atoms in total.